The smallest absolute Gasteiger partial charge is 0.260 e. The molecule has 1 amide bonds. The van der Waals surface area contributed by atoms with Crippen molar-refractivity contribution in [2.45, 2.75) is 51.2 Å². The zero-order valence-corrected chi connectivity index (χ0v) is 34.2. The third-order valence-corrected chi connectivity index (χ3v) is 12.3. The molecule has 13 nitrogen and oxygen atoms in total. The molecule has 0 radical (unpaired) electrons. The molecule has 2 aliphatic heterocycles. The molecule has 16 heteroatoms. The number of aromatic amines is 1. The van der Waals surface area contributed by atoms with E-state index in [1.165, 1.54) is 35.0 Å². The van der Waals surface area contributed by atoms with E-state index in [4.69, 9.17) is 11.6 Å². The fraction of sp³-hybridized carbons (Fsp3) is 0.239. The van der Waals surface area contributed by atoms with Crippen LogP contribution in [0.15, 0.2) is 101 Å². The van der Waals surface area contributed by atoms with Crippen LogP contribution in [0, 0.1) is 17.6 Å². The summed E-state index contributed by atoms with van der Waals surface area (Å²) in [4.78, 5) is 53.4. The quantitative estimate of drug-likeness (QED) is 0.0792. The summed E-state index contributed by atoms with van der Waals surface area (Å²) in [5, 5.41) is 17.6. The number of benzene rings is 2. The Morgan fingerprint density at radius 1 is 0.839 bits per heavy atom. The summed E-state index contributed by atoms with van der Waals surface area (Å²) in [5.74, 6) is -0.588. The normalized spacial score (nSPS) is 16.8. The van der Waals surface area contributed by atoms with Crippen molar-refractivity contribution in [3.63, 3.8) is 0 Å². The molecule has 0 bridgehead atoms. The number of carbonyl (C=O) groups is 1. The molecular formula is C46H41ClF2N10O3. The average molecular weight is 855 g/mol. The molecule has 7 aromatic rings. The number of carbonyl (C=O) groups excluding carboxylic acids is 1. The zero-order valence-electron chi connectivity index (χ0n) is 33.5. The summed E-state index contributed by atoms with van der Waals surface area (Å²) >= 11 is 7.04. The van der Waals surface area contributed by atoms with Gasteiger partial charge in [-0.25, -0.2) is 13.8 Å². The summed E-state index contributed by atoms with van der Waals surface area (Å²) in [6, 6.07) is 17.5. The molecule has 2 atom stereocenters. The van der Waals surface area contributed by atoms with Crippen molar-refractivity contribution in [2.75, 3.05) is 34.4 Å². The monoisotopic (exact) mass is 854 g/mol. The highest BCUT2D eigenvalue weighted by atomic mass is 35.5. The molecule has 7 heterocycles. The number of anilines is 6. The summed E-state index contributed by atoms with van der Waals surface area (Å²) in [5.41, 5.74) is 3.12. The van der Waals surface area contributed by atoms with Crippen LogP contribution in [0.1, 0.15) is 48.0 Å². The van der Waals surface area contributed by atoms with Gasteiger partial charge in [0.25, 0.3) is 17.0 Å². The number of amides is 1. The molecule has 3 aliphatic rings. The number of halogens is 3. The van der Waals surface area contributed by atoms with Gasteiger partial charge in [0, 0.05) is 84.5 Å². The Bertz CT molecular complexity index is 3050. The summed E-state index contributed by atoms with van der Waals surface area (Å²) in [6.45, 7) is 3.34. The highest BCUT2D eigenvalue weighted by molar-refractivity contribution is 6.31. The predicted octanol–water partition coefficient (Wildman–Crippen LogP) is 8.59. The SMILES string of the molecule is CC1CCn2c(c(Nc3ccnc4[nH]ccc34)cc(-c3cc(Cl)c(C4CNc5c(Nc6ccncc6C(=O)NCC6CC6)cc(-c6ccccc6F)c(=O)n5C4)cc3F)c2=O)N1. The number of hydrogen-bond acceptors (Lipinski definition) is 9. The van der Waals surface area contributed by atoms with E-state index < -0.39 is 23.1 Å². The van der Waals surface area contributed by atoms with Crippen LogP contribution in [0.25, 0.3) is 33.3 Å². The number of rotatable bonds is 10. The van der Waals surface area contributed by atoms with Crippen molar-refractivity contribution in [1.29, 1.82) is 0 Å². The van der Waals surface area contributed by atoms with E-state index in [1.54, 1.807) is 53.5 Å². The molecule has 62 heavy (non-hydrogen) atoms. The van der Waals surface area contributed by atoms with E-state index >= 15 is 8.78 Å². The minimum atomic E-state index is -0.659. The van der Waals surface area contributed by atoms with Crippen LogP contribution >= 0.6 is 11.6 Å². The van der Waals surface area contributed by atoms with Crippen LogP contribution in [-0.4, -0.2) is 49.1 Å². The molecule has 10 rings (SSSR count). The van der Waals surface area contributed by atoms with Crippen molar-refractivity contribution in [2.24, 2.45) is 5.92 Å². The van der Waals surface area contributed by atoms with Gasteiger partial charge in [-0.15, -0.1) is 0 Å². The highest BCUT2D eigenvalue weighted by Gasteiger charge is 2.30. The van der Waals surface area contributed by atoms with Crippen molar-refractivity contribution in [1.82, 2.24) is 29.4 Å². The maximum absolute atomic E-state index is 16.7. The van der Waals surface area contributed by atoms with Crippen molar-refractivity contribution in [3.8, 4) is 22.3 Å². The van der Waals surface area contributed by atoms with Crippen LogP contribution in [0.5, 0.6) is 0 Å². The third kappa shape index (κ3) is 7.21. The summed E-state index contributed by atoms with van der Waals surface area (Å²) < 4.78 is 35.1. The Morgan fingerprint density at radius 2 is 1.60 bits per heavy atom. The number of pyridine rings is 4. The molecule has 6 N–H and O–H groups in total. The van der Waals surface area contributed by atoms with Gasteiger partial charge in [0.2, 0.25) is 0 Å². The minimum absolute atomic E-state index is 0.0335. The predicted molar refractivity (Wildman–Crippen MR) is 238 cm³/mol. The highest BCUT2D eigenvalue weighted by Crippen LogP contribution is 2.40. The molecule has 5 aromatic heterocycles. The van der Waals surface area contributed by atoms with Crippen LogP contribution in [0.2, 0.25) is 5.02 Å². The van der Waals surface area contributed by atoms with Crippen molar-refractivity contribution in [3.05, 3.63) is 140 Å². The number of nitrogens with zero attached hydrogens (tertiary/aromatic N) is 4. The molecule has 314 valence electrons. The summed E-state index contributed by atoms with van der Waals surface area (Å²) in [7, 11) is 0. The largest absolute Gasteiger partial charge is 0.369 e. The van der Waals surface area contributed by atoms with Crippen LogP contribution < -0.4 is 37.7 Å². The van der Waals surface area contributed by atoms with Gasteiger partial charge in [-0.3, -0.25) is 28.5 Å². The van der Waals surface area contributed by atoms with Gasteiger partial charge < -0.3 is 31.6 Å². The Kier molecular flexibility index (Phi) is 9.97. The Labute approximate surface area is 358 Å². The van der Waals surface area contributed by atoms with E-state index in [2.05, 4.69) is 41.5 Å². The maximum atomic E-state index is 16.7. The second-order valence-corrected chi connectivity index (χ2v) is 16.6. The number of fused-ring (bicyclic) bond motifs is 3. The van der Waals surface area contributed by atoms with E-state index in [9.17, 15) is 14.4 Å². The fourth-order valence-corrected chi connectivity index (χ4v) is 8.76. The molecule has 1 aliphatic carbocycles. The van der Waals surface area contributed by atoms with Gasteiger partial charge in [-0.1, -0.05) is 29.8 Å². The first kappa shape index (κ1) is 39.2. The zero-order chi connectivity index (χ0) is 42.6. The van der Waals surface area contributed by atoms with Crippen molar-refractivity contribution < 1.29 is 13.6 Å². The topological polar surface area (TPSA) is 163 Å². The Morgan fingerprint density at radius 3 is 2.42 bits per heavy atom. The minimum Gasteiger partial charge on any atom is -0.369 e. The second kappa shape index (κ2) is 15.8. The first-order chi connectivity index (χ1) is 30.1. The maximum Gasteiger partial charge on any atom is 0.260 e. The number of aromatic nitrogens is 5. The number of hydrogen-bond donors (Lipinski definition) is 6. The third-order valence-electron chi connectivity index (χ3n) is 12.0. The van der Waals surface area contributed by atoms with Crippen LogP contribution in [0.4, 0.5) is 43.2 Å². The molecule has 1 saturated carbocycles. The first-order valence-corrected chi connectivity index (χ1v) is 21.0. The summed E-state index contributed by atoms with van der Waals surface area (Å²) in [6.07, 6.45) is 9.35. The second-order valence-electron chi connectivity index (χ2n) is 16.2. The van der Waals surface area contributed by atoms with E-state index in [0.717, 1.165) is 23.9 Å². The number of nitrogens with one attached hydrogen (secondary N) is 6. The van der Waals surface area contributed by atoms with E-state index in [0.29, 0.717) is 70.9 Å². The van der Waals surface area contributed by atoms with Crippen LogP contribution in [0.3, 0.4) is 0 Å². The Balaban J connectivity index is 1.01. The van der Waals surface area contributed by atoms with Gasteiger partial charge in [0.15, 0.2) is 0 Å². The lowest BCUT2D eigenvalue weighted by Crippen LogP contribution is -2.35. The fourth-order valence-electron chi connectivity index (χ4n) is 8.45. The van der Waals surface area contributed by atoms with E-state index in [1.807, 2.05) is 19.1 Å². The van der Waals surface area contributed by atoms with E-state index in [-0.39, 0.29) is 57.9 Å². The lowest BCUT2D eigenvalue weighted by Gasteiger charge is -2.31. The van der Waals surface area contributed by atoms with Gasteiger partial charge in [-0.2, -0.15) is 0 Å². The molecule has 0 saturated heterocycles. The van der Waals surface area contributed by atoms with Gasteiger partial charge in [0.1, 0.15) is 28.9 Å². The molecule has 1 fully saturated rings. The molecule has 0 spiro atoms. The molecule has 2 unspecified atom stereocenters. The van der Waals surface area contributed by atoms with Gasteiger partial charge in [-0.05, 0) is 86.2 Å². The van der Waals surface area contributed by atoms with Crippen molar-refractivity contribution >= 4 is 62.9 Å². The molecule has 2 aromatic carbocycles. The average Bonchev–Trinajstić information content (AvgIpc) is 3.99. The molecular weight excluding hydrogens is 814 g/mol. The Hall–Kier alpha value is -7.00. The number of H-pyrrole nitrogens is 1. The van der Waals surface area contributed by atoms with Crippen LogP contribution in [-0.2, 0) is 13.1 Å². The lowest BCUT2D eigenvalue weighted by molar-refractivity contribution is 0.0952. The standard InChI is InChI=1S/C46H41ClF2N10O3/c1-24-11-15-58-43(55-24)40(56-37-10-14-52-41-28(37)8-13-51-41)19-32(45(58)61)30-16-34(47)29(17-36(30)49)26-21-53-42-39(18-31(46(62)59(42)23-26)27-4-2-3-5-35(27)48)57-38-9-12-50-22-33(38)44(60)54-20-25-6-7-25/h2-5,8-10,12-14,16-19,22,24-26,53,55H,6-7,11,15,20-21,23H2,1H3,(H,50,57)(H,54,60)(H2,51,52,56). The van der Waals surface area contributed by atoms with Gasteiger partial charge >= 0.3 is 0 Å². The van der Waals surface area contributed by atoms with Gasteiger partial charge in [0.05, 0.1) is 39.4 Å². The first-order valence-electron chi connectivity index (χ1n) is 20.6. The lowest BCUT2D eigenvalue weighted by atomic mass is 9.93.